The van der Waals surface area contributed by atoms with E-state index in [2.05, 4.69) is 5.32 Å². The molecule has 5 rings (SSSR count). The number of nitrogens with zero attached hydrogens (tertiary/aromatic N) is 2. The summed E-state index contributed by atoms with van der Waals surface area (Å²) in [5.41, 5.74) is 4.06. The summed E-state index contributed by atoms with van der Waals surface area (Å²) in [4.78, 5) is 32.9. The highest BCUT2D eigenvalue weighted by molar-refractivity contribution is 7.07. The third kappa shape index (κ3) is 5.26. The van der Waals surface area contributed by atoms with E-state index < -0.39 is 6.04 Å². The molecule has 202 valence electrons. The molecule has 1 atom stereocenters. The fraction of sp³-hybridized carbons (Fsp3) is 0.156. The van der Waals surface area contributed by atoms with E-state index in [1.54, 1.807) is 43.9 Å². The molecule has 0 spiro atoms. The van der Waals surface area contributed by atoms with Crippen LogP contribution in [0.4, 0.5) is 5.69 Å². The standard InChI is InChI=1S/C32H29N3O4S/c1-20-11-8-9-15-24(20)34-30(36)28-21(2)33-32-35(29(28)23-17-18-25(38-3)26(19-23)39-4)31(37)27(40-32)16-10-14-22-12-6-5-7-13-22/h5-19,29H,1-4H3,(H,34,36)/b14-10+,27-16-. The number of anilines is 1. The van der Waals surface area contributed by atoms with E-state index in [-0.39, 0.29) is 11.5 Å². The Balaban J connectivity index is 1.65. The fourth-order valence-electron chi connectivity index (χ4n) is 4.68. The Morgan fingerprint density at radius 3 is 2.42 bits per heavy atom. The average molecular weight is 552 g/mol. The minimum absolute atomic E-state index is 0.227. The lowest BCUT2D eigenvalue weighted by atomic mass is 9.94. The number of benzene rings is 3. The van der Waals surface area contributed by atoms with Gasteiger partial charge in [-0.15, -0.1) is 0 Å². The number of aryl methyl sites for hydroxylation is 1. The number of aromatic nitrogens is 1. The third-order valence-electron chi connectivity index (χ3n) is 6.72. The molecule has 0 saturated carbocycles. The first-order valence-electron chi connectivity index (χ1n) is 12.7. The fourth-order valence-corrected chi connectivity index (χ4v) is 5.68. The number of allylic oxidation sites excluding steroid dienone is 2. The summed E-state index contributed by atoms with van der Waals surface area (Å²) < 4.78 is 13.1. The first kappa shape index (κ1) is 26.9. The van der Waals surface area contributed by atoms with Crippen molar-refractivity contribution in [2.45, 2.75) is 19.9 Å². The van der Waals surface area contributed by atoms with E-state index >= 15 is 0 Å². The molecule has 0 radical (unpaired) electrons. The lowest BCUT2D eigenvalue weighted by Crippen LogP contribution is -2.40. The summed E-state index contributed by atoms with van der Waals surface area (Å²) in [5.74, 6) is 0.728. The van der Waals surface area contributed by atoms with Crippen LogP contribution in [0.1, 0.15) is 29.7 Å². The van der Waals surface area contributed by atoms with Gasteiger partial charge in [0.05, 0.1) is 36.1 Å². The highest BCUT2D eigenvalue weighted by atomic mass is 32.1. The lowest BCUT2D eigenvalue weighted by molar-refractivity contribution is -0.113. The molecule has 1 amide bonds. The van der Waals surface area contributed by atoms with Crippen molar-refractivity contribution in [1.82, 2.24) is 4.57 Å². The highest BCUT2D eigenvalue weighted by Crippen LogP contribution is 2.36. The monoisotopic (exact) mass is 551 g/mol. The van der Waals surface area contributed by atoms with Crippen LogP contribution in [0.2, 0.25) is 0 Å². The normalized spacial score (nSPS) is 15.1. The Labute approximate surface area is 236 Å². The van der Waals surface area contributed by atoms with E-state index in [1.165, 1.54) is 11.3 Å². The topological polar surface area (TPSA) is 81.9 Å². The Kier molecular flexibility index (Phi) is 7.79. The Hall–Kier alpha value is -4.69. The number of hydrogen-bond acceptors (Lipinski definition) is 6. The van der Waals surface area contributed by atoms with E-state index in [0.29, 0.717) is 43.4 Å². The van der Waals surface area contributed by atoms with Crippen LogP contribution >= 0.6 is 11.3 Å². The molecule has 1 N–H and O–H groups in total. The minimum Gasteiger partial charge on any atom is -0.493 e. The maximum atomic E-state index is 13.8. The van der Waals surface area contributed by atoms with Crippen molar-refractivity contribution < 1.29 is 14.3 Å². The van der Waals surface area contributed by atoms with E-state index in [4.69, 9.17) is 14.5 Å². The van der Waals surface area contributed by atoms with Crippen LogP contribution in [0.15, 0.2) is 99.9 Å². The average Bonchev–Trinajstić information content (AvgIpc) is 3.27. The van der Waals surface area contributed by atoms with Crippen molar-refractivity contribution in [3.8, 4) is 11.5 Å². The number of carbonyl (C=O) groups is 1. The zero-order chi connectivity index (χ0) is 28.2. The second-order valence-electron chi connectivity index (χ2n) is 9.26. The number of ether oxygens (including phenoxy) is 2. The molecule has 0 saturated heterocycles. The summed E-state index contributed by atoms with van der Waals surface area (Å²) >= 11 is 1.29. The van der Waals surface area contributed by atoms with Crippen LogP contribution in [-0.4, -0.2) is 24.7 Å². The molecule has 0 aliphatic carbocycles. The predicted molar refractivity (Wildman–Crippen MR) is 159 cm³/mol. The Morgan fingerprint density at radius 1 is 0.975 bits per heavy atom. The molecule has 3 aromatic carbocycles. The molecular weight excluding hydrogens is 522 g/mol. The van der Waals surface area contributed by atoms with Gasteiger partial charge in [0, 0.05) is 5.69 Å². The lowest BCUT2D eigenvalue weighted by Gasteiger charge is -2.26. The van der Waals surface area contributed by atoms with Crippen molar-refractivity contribution in [3.63, 3.8) is 0 Å². The van der Waals surface area contributed by atoms with Gasteiger partial charge in [0.2, 0.25) is 0 Å². The second kappa shape index (κ2) is 11.6. The number of para-hydroxylation sites is 1. The summed E-state index contributed by atoms with van der Waals surface area (Å²) in [6.07, 6.45) is 5.58. The van der Waals surface area contributed by atoms with Crippen molar-refractivity contribution in [2.75, 3.05) is 19.5 Å². The molecule has 4 aromatic rings. The van der Waals surface area contributed by atoms with Gasteiger partial charge in [-0.2, -0.15) is 0 Å². The maximum Gasteiger partial charge on any atom is 0.271 e. The molecule has 0 fully saturated rings. The highest BCUT2D eigenvalue weighted by Gasteiger charge is 2.33. The molecule has 1 aromatic heterocycles. The van der Waals surface area contributed by atoms with E-state index in [1.807, 2.05) is 79.7 Å². The van der Waals surface area contributed by atoms with Gasteiger partial charge in [0.25, 0.3) is 11.5 Å². The summed E-state index contributed by atoms with van der Waals surface area (Å²) in [5, 5.41) is 3.03. The quantitative estimate of drug-likeness (QED) is 0.356. The number of fused-ring (bicyclic) bond motifs is 1. The number of methoxy groups -OCH3 is 2. The molecule has 1 aliphatic heterocycles. The second-order valence-corrected chi connectivity index (χ2v) is 10.3. The molecule has 7 nitrogen and oxygen atoms in total. The van der Waals surface area contributed by atoms with Gasteiger partial charge >= 0.3 is 0 Å². The minimum atomic E-state index is -0.722. The van der Waals surface area contributed by atoms with Gasteiger partial charge < -0.3 is 14.8 Å². The summed E-state index contributed by atoms with van der Waals surface area (Å²) in [6, 6.07) is 22.1. The van der Waals surface area contributed by atoms with Crippen molar-refractivity contribution in [2.24, 2.45) is 4.99 Å². The van der Waals surface area contributed by atoms with Crippen molar-refractivity contribution in [1.29, 1.82) is 0 Å². The zero-order valence-corrected chi connectivity index (χ0v) is 23.5. The van der Waals surface area contributed by atoms with Crippen LogP contribution in [0.25, 0.3) is 12.2 Å². The van der Waals surface area contributed by atoms with Gasteiger partial charge in [-0.1, -0.05) is 78.1 Å². The third-order valence-corrected chi connectivity index (χ3v) is 7.72. The Bertz CT molecular complexity index is 1820. The largest absolute Gasteiger partial charge is 0.493 e. The number of amides is 1. The molecule has 8 heteroatoms. The number of carbonyl (C=O) groups excluding carboxylic acids is 1. The number of thiazole rings is 1. The van der Waals surface area contributed by atoms with E-state index in [0.717, 1.165) is 11.1 Å². The van der Waals surface area contributed by atoms with Crippen LogP contribution in [0, 0.1) is 6.92 Å². The number of hydrogen-bond donors (Lipinski definition) is 1. The molecule has 1 aliphatic rings. The van der Waals surface area contributed by atoms with Crippen molar-refractivity contribution in [3.05, 3.63) is 127 Å². The van der Waals surface area contributed by atoms with E-state index in [9.17, 15) is 9.59 Å². The molecular formula is C32H29N3O4S. The van der Waals surface area contributed by atoms with Crippen LogP contribution in [-0.2, 0) is 4.79 Å². The Morgan fingerprint density at radius 2 is 1.70 bits per heavy atom. The first-order valence-corrected chi connectivity index (χ1v) is 13.6. The van der Waals surface area contributed by atoms with Gasteiger partial charge in [0.15, 0.2) is 16.3 Å². The zero-order valence-electron chi connectivity index (χ0n) is 22.7. The van der Waals surface area contributed by atoms with Gasteiger partial charge in [0.1, 0.15) is 0 Å². The van der Waals surface area contributed by atoms with Gasteiger partial charge in [-0.25, -0.2) is 4.99 Å². The number of nitrogens with one attached hydrogen (secondary N) is 1. The van der Waals surface area contributed by atoms with Crippen LogP contribution < -0.4 is 29.7 Å². The van der Waals surface area contributed by atoms with Gasteiger partial charge in [-0.3, -0.25) is 14.2 Å². The smallest absolute Gasteiger partial charge is 0.271 e. The predicted octanol–water partition coefficient (Wildman–Crippen LogP) is 4.86. The number of rotatable bonds is 7. The SMILES string of the molecule is COc1ccc(C2C(C(=O)Nc3ccccc3C)=C(C)N=c3s/c(=C\C=C\c4ccccc4)c(=O)n32)cc1OC. The first-order chi connectivity index (χ1) is 19.4. The molecule has 40 heavy (non-hydrogen) atoms. The summed E-state index contributed by atoms with van der Waals surface area (Å²) in [6.45, 7) is 3.73. The van der Waals surface area contributed by atoms with Crippen molar-refractivity contribution >= 4 is 35.1 Å². The van der Waals surface area contributed by atoms with Crippen LogP contribution in [0.5, 0.6) is 11.5 Å². The molecule has 0 bridgehead atoms. The molecule has 1 unspecified atom stereocenters. The van der Waals surface area contributed by atoms with Crippen LogP contribution in [0.3, 0.4) is 0 Å². The maximum absolute atomic E-state index is 13.8. The van der Waals surface area contributed by atoms with Gasteiger partial charge in [-0.05, 0) is 54.8 Å². The summed E-state index contributed by atoms with van der Waals surface area (Å²) in [7, 11) is 3.12. The molecule has 2 heterocycles.